The van der Waals surface area contributed by atoms with Gasteiger partial charge in [-0.1, -0.05) is 67.1 Å². The first kappa shape index (κ1) is 23.2. The number of nitrogens with zero attached hydrogens (tertiary/aromatic N) is 3. The van der Waals surface area contributed by atoms with E-state index in [1.165, 1.54) is 9.80 Å². The molecule has 3 unspecified atom stereocenters. The fourth-order valence-corrected chi connectivity index (χ4v) is 4.75. The molecule has 2 aliphatic heterocycles. The number of urea groups is 1. The van der Waals surface area contributed by atoms with E-state index < -0.39 is 18.1 Å². The van der Waals surface area contributed by atoms with Crippen LogP contribution in [0, 0.1) is 0 Å². The molecule has 0 bridgehead atoms. The number of amides is 4. The standard InChI is InChI=1S/C24H28ClN5O3/c1-3-30-22-21(16(2)27-30)28(15-20(31)26-13-18-11-7-8-12-19(18)25)24(33)29(23(22)32)14-17-9-5-4-6-10-17/h4-12,16,21-22,27H,3,13-15H2,1-2H3,(H,26,31). The van der Waals surface area contributed by atoms with Crippen molar-refractivity contribution in [3.05, 3.63) is 70.7 Å². The van der Waals surface area contributed by atoms with E-state index in [9.17, 15) is 14.4 Å². The molecular formula is C24H28ClN5O3. The third-order valence-electron chi connectivity index (χ3n) is 6.17. The average Bonchev–Trinajstić information content (AvgIpc) is 3.16. The van der Waals surface area contributed by atoms with Gasteiger partial charge in [0.1, 0.15) is 12.6 Å². The van der Waals surface area contributed by atoms with E-state index in [2.05, 4.69) is 10.7 Å². The largest absolute Gasteiger partial charge is 0.350 e. The number of halogens is 1. The summed E-state index contributed by atoms with van der Waals surface area (Å²) in [5.41, 5.74) is 4.94. The van der Waals surface area contributed by atoms with Crippen LogP contribution in [0.2, 0.25) is 5.02 Å². The summed E-state index contributed by atoms with van der Waals surface area (Å²) in [5, 5.41) is 5.27. The lowest BCUT2D eigenvalue weighted by Gasteiger charge is -2.43. The van der Waals surface area contributed by atoms with Crippen LogP contribution in [-0.2, 0) is 22.7 Å². The summed E-state index contributed by atoms with van der Waals surface area (Å²) in [6.45, 7) is 4.74. The Morgan fingerprint density at radius 2 is 1.79 bits per heavy atom. The highest BCUT2D eigenvalue weighted by atomic mass is 35.5. The van der Waals surface area contributed by atoms with Gasteiger partial charge in [-0.25, -0.2) is 15.2 Å². The number of rotatable bonds is 7. The molecule has 0 aromatic heterocycles. The third kappa shape index (κ3) is 4.73. The van der Waals surface area contributed by atoms with Crippen LogP contribution in [0.1, 0.15) is 25.0 Å². The molecule has 0 aliphatic carbocycles. The Hall–Kier alpha value is -2.94. The minimum Gasteiger partial charge on any atom is -0.350 e. The summed E-state index contributed by atoms with van der Waals surface area (Å²) in [4.78, 5) is 42.5. The first-order valence-electron chi connectivity index (χ1n) is 11.1. The van der Waals surface area contributed by atoms with Crippen molar-refractivity contribution in [3.63, 3.8) is 0 Å². The molecule has 33 heavy (non-hydrogen) atoms. The van der Waals surface area contributed by atoms with E-state index in [4.69, 9.17) is 11.6 Å². The van der Waals surface area contributed by atoms with Crippen LogP contribution in [0.15, 0.2) is 54.6 Å². The van der Waals surface area contributed by atoms with Crippen LogP contribution in [0.5, 0.6) is 0 Å². The van der Waals surface area contributed by atoms with E-state index in [1.807, 2.05) is 67.4 Å². The molecule has 0 spiro atoms. The fraction of sp³-hybridized carbons (Fsp3) is 0.375. The van der Waals surface area contributed by atoms with Crippen molar-refractivity contribution in [2.75, 3.05) is 13.1 Å². The highest BCUT2D eigenvalue weighted by Gasteiger charge is 2.54. The lowest BCUT2D eigenvalue weighted by Crippen LogP contribution is -2.67. The van der Waals surface area contributed by atoms with Crippen LogP contribution in [0.25, 0.3) is 0 Å². The van der Waals surface area contributed by atoms with Crippen LogP contribution in [0.4, 0.5) is 4.79 Å². The molecule has 2 aromatic rings. The molecular weight excluding hydrogens is 442 g/mol. The van der Waals surface area contributed by atoms with Gasteiger partial charge in [-0.05, 0) is 24.1 Å². The lowest BCUT2D eigenvalue weighted by molar-refractivity contribution is -0.140. The number of benzene rings is 2. The molecule has 2 N–H and O–H groups in total. The first-order valence-corrected chi connectivity index (χ1v) is 11.5. The van der Waals surface area contributed by atoms with E-state index in [1.54, 1.807) is 6.07 Å². The molecule has 2 aromatic carbocycles. The number of carbonyl (C=O) groups excluding carboxylic acids is 3. The van der Waals surface area contributed by atoms with Gasteiger partial charge in [0.05, 0.1) is 12.6 Å². The molecule has 174 valence electrons. The molecule has 2 fully saturated rings. The Morgan fingerprint density at radius 3 is 2.48 bits per heavy atom. The summed E-state index contributed by atoms with van der Waals surface area (Å²) >= 11 is 6.19. The van der Waals surface area contributed by atoms with Gasteiger partial charge in [0.25, 0.3) is 5.91 Å². The molecule has 3 atom stereocenters. The summed E-state index contributed by atoms with van der Waals surface area (Å²) in [6.07, 6.45) is 0. The molecule has 2 aliphatic rings. The highest BCUT2D eigenvalue weighted by molar-refractivity contribution is 6.31. The van der Waals surface area contributed by atoms with Gasteiger partial charge >= 0.3 is 6.03 Å². The van der Waals surface area contributed by atoms with E-state index in [0.29, 0.717) is 11.6 Å². The smallest absolute Gasteiger partial charge is 0.327 e. The van der Waals surface area contributed by atoms with Crippen molar-refractivity contribution in [2.45, 2.75) is 45.1 Å². The quantitative estimate of drug-likeness (QED) is 0.650. The maximum atomic E-state index is 13.5. The lowest BCUT2D eigenvalue weighted by atomic mass is 9.97. The Bertz CT molecular complexity index is 1030. The number of carbonyl (C=O) groups is 3. The van der Waals surface area contributed by atoms with Gasteiger partial charge in [0.2, 0.25) is 5.91 Å². The van der Waals surface area contributed by atoms with Gasteiger partial charge in [-0.15, -0.1) is 0 Å². The summed E-state index contributed by atoms with van der Waals surface area (Å²) < 4.78 is 0. The first-order chi connectivity index (χ1) is 15.9. The Kier molecular flexibility index (Phi) is 6.97. The van der Waals surface area contributed by atoms with Crippen molar-refractivity contribution in [3.8, 4) is 0 Å². The minimum absolute atomic E-state index is 0.146. The Balaban J connectivity index is 1.55. The number of hydrazine groups is 1. The van der Waals surface area contributed by atoms with Crippen molar-refractivity contribution in [1.29, 1.82) is 0 Å². The molecule has 9 heteroatoms. The van der Waals surface area contributed by atoms with Gasteiger partial charge < -0.3 is 10.2 Å². The third-order valence-corrected chi connectivity index (χ3v) is 6.54. The summed E-state index contributed by atoms with van der Waals surface area (Å²) in [6, 6.07) is 15.0. The van der Waals surface area contributed by atoms with Crippen molar-refractivity contribution in [2.24, 2.45) is 0 Å². The summed E-state index contributed by atoms with van der Waals surface area (Å²) in [7, 11) is 0. The normalized spacial score (nSPS) is 23.1. The van der Waals surface area contributed by atoms with Gasteiger partial charge in [0, 0.05) is 24.2 Å². The number of likely N-dealkylation sites (N-methyl/N-ethyl adjacent to an activating group) is 1. The number of hydrogen-bond acceptors (Lipinski definition) is 5. The maximum Gasteiger partial charge on any atom is 0.327 e. The predicted molar refractivity (Wildman–Crippen MR) is 125 cm³/mol. The predicted octanol–water partition coefficient (Wildman–Crippen LogP) is 2.39. The average molecular weight is 470 g/mol. The van der Waals surface area contributed by atoms with Crippen molar-refractivity contribution in [1.82, 2.24) is 25.6 Å². The molecule has 0 saturated carbocycles. The number of imide groups is 1. The van der Waals surface area contributed by atoms with E-state index in [0.717, 1.165) is 11.1 Å². The highest BCUT2D eigenvalue weighted by Crippen LogP contribution is 2.29. The van der Waals surface area contributed by atoms with Crippen LogP contribution in [0.3, 0.4) is 0 Å². The second kappa shape index (κ2) is 9.91. The van der Waals surface area contributed by atoms with E-state index >= 15 is 0 Å². The second-order valence-corrected chi connectivity index (χ2v) is 8.74. The monoisotopic (exact) mass is 469 g/mol. The summed E-state index contributed by atoms with van der Waals surface area (Å²) in [5.74, 6) is -0.557. The molecule has 2 heterocycles. The Labute approximate surface area is 198 Å². The van der Waals surface area contributed by atoms with Crippen LogP contribution in [-0.4, -0.2) is 63.9 Å². The molecule has 8 nitrogen and oxygen atoms in total. The molecule has 0 radical (unpaired) electrons. The van der Waals surface area contributed by atoms with Crippen molar-refractivity contribution < 1.29 is 14.4 Å². The Morgan fingerprint density at radius 1 is 1.09 bits per heavy atom. The molecule has 4 amide bonds. The zero-order valence-electron chi connectivity index (χ0n) is 18.7. The number of fused-ring (bicyclic) bond motifs is 1. The van der Waals surface area contributed by atoms with Gasteiger partial charge in [-0.2, -0.15) is 0 Å². The number of hydrogen-bond donors (Lipinski definition) is 2. The van der Waals surface area contributed by atoms with E-state index in [-0.39, 0.29) is 37.5 Å². The van der Waals surface area contributed by atoms with Crippen LogP contribution < -0.4 is 10.7 Å². The van der Waals surface area contributed by atoms with Crippen molar-refractivity contribution >= 4 is 29.4 Å². The van der Waals surface area contributed by atoms with Gasteiger partial charge in [0.15, 0.2) is 0 Å². The topological polar surface area (TPSA) is 85.0 Å². The molecule has 2 saturated heterocycles. The zero-order valence-corrected chi connectivity index (χ0v) is 19.5. The maximum absolute atomic E-state index is 13.5. The number of nitrogens with one attached hydrogen (secondary N) is 2. The SMILES string of the molecule is CCN1NC(C)C2C1C(=O)N(Cc1ccccc1)C(=O)N2CC(=O)NCc1ccccc1Cl. The van der Waals surface area contributed by atoms with Gasteiger partial charge in [-0.3, -0.25) is 14.5 Å². The minimum atomic E-state index is -0.553. The second-order valence-electron chi connectivity index (χ2n) is 8.33. The van der Waals surface area contributed by atoms with Crippen LogP contribution >= 0.6 is 11.6 Å². The fourth-order valence-electron chi connectivity index (χ4n) is 4.55. The molecule has 4 rings (SSSR count). The zero-order chi connectivity index (χ0) is 23.5.